The van der Waals surface area contributed by atoms with Gasteiger partial charge in [0.2, 0.25) is 0 Å². The summed E-state index contributed by atoms with van der Waals surface area (Å²) in [5.41, 5.74) is 9.15. The zero-order valence-corrected chi connectivity index (χ0v) is 9.62. The molecule has 0 saturated heterocycles. The first-order chi connectivity index (χ1) is 7.58. The Morgan fingerprint density at radius 3 is 2.62 bits per heavy atom. The summed E-state index contributed by atoms with van der Waals surface area (Å²) >= 11 is 0. The molecule has 0 atom stereocenters. The largest absolute Gasteiger partial charge is 0.319 e. The summed E-state index contributed by atoms with van der Waals surface area (Å²) in [4.78, 5) is 9.12. The van der Waals surface area contributed by atoms with Crippen LogP contribution in [0.3, 0.4) is 0 Å². The molecule has 16 heavy (non-hydrogen) atoms. The van der Waals surface area contributed by atoms with Crippen LogP contribution in [0.15, 0.2) is 18.2 Å². The highest BCUT2D eigenvalue weighted by Gasteiger charge is 2.43. The first-order valence-electron chi connectivity index (χ1n) is 5.63. The minimum atomic E-state index is -0.247. The van der Waals surface area contributed by atoms with Gasteiger partial charge in [-0.05, 0) is 38.3 Å². The maximum absolute atomic E-state index is 6.14. The van der Waals surface area contributed by atoms with E-state index in [0.29, 0.717) is 0 Å². The van der Waals surface area contributed by atoms with Gasteiger partial charge in [-0.2, -0.15) is 0 Å². The Bertz CT molecular complexity index is 571. The van der Waals surface area contributed by atoms with Crippen LogP contribution in [-0.2, 0) is 5.54 Å². The molecule has 3 rings (SSSR count). The van der Waals surface area contributed by atoms with Crippen molar-refractivity contribution in [2.45, 2.75) is 32.2 Å². The van der Waals surface area contributed by atoms with E-state index in [0.717, 1.165) is 35.3 Å². The Kier molecular flexibility index (Phi) is 1.83. The standard InChI is InChI=1S/C13H15N3/c1-8-3-4-10-9(2)15-12(13(14)5-6-13)16-11(10)7-8/h3-4,7H,5-6,14H2,1-2H3. The molecule has 0 radical (unpaired) electrons. The van der Waals surface area contributed by atoms with Gasteiger partial charge in [0, 0.05) is 11.1 Å². The van der Waals surface area contributed by atoms with Crippen molar-refractivity contribution in [3.63, 3.8) is 0 Å². The molecular formula is C13H15N3. The first-order valence-corrected chi connectivity index (χ1v) is 5.63. The third kappa shape index (κ3) is 1.39. The van der Waals surface area contributed by atoms with Crippen LogP contribution in [0.5, 0.6) is 0 Å². The van der Waals surface area contributed by atoms with Crippen LogP contribution in [0.2, 0.25) is 0 Å². The normalized spacial score (nSPS) is 17.7. The molecule has 2 aromatic rings. The van der Waals surface area contributed by atoms with Gasteiger partial charge in [0.05, 0.1) is 11.1 Å². The average Bonchev–Trinajstić information content (AvgIpc) is 2.97. The van der Waals surface area contributed by atoms with E-state index >= 15 is 0 Å². The molecule has 2 N–H and O–H groups in total. The van der Waals surface area contributed by atoms with E-state index in [2.05, 4.69) is 35.1 Å². The van der Waals surface area contributed by atoms with Crippen LogP contribution in [-0.4, -0.2) is 9.97 Å². The van der Waals surface area contributed by atoms with Gasteiger partial charge in [-0.25, -0.2) is 9.97 Å². The number of hydrogen-bond acceptors (Lipinski definition) is 3. The SMILES string of the molecule is Cc1ccc2c(C)nc(C3(N)CC3)nc2c1. The molecule has 0 aliphatic heterocycles. The third-order valence-corrected chi connectivity index (χ3v) is 3.28. The summed E-state index contributed by atoms with van der Waals surface area (Å²) in [7, 11) is 0. The Hall–Kier alpha value is -1.48. The molecule has 0 bridgehead atoms. The van der Waals surface area contributed by atoms with Crippen molar-refractivity contribution in [1.29, 1.82) is 0 Å². The minimum Gasteiger partial charge on any atom is -0.319 e. The number of hydrogen-bond donors (Lipinski definition) is 1. The van der Waals surface area contributed by atoms with Gasteiger partial charge >= 0.3 is 0 Å². The van der Waals surface area contributed by atoms with Crippen molar-refractivity contribution >= 4 is 10.9 Å². The molecule has 1 heterocycles. The zero-order valence-electron chi connectivity index (χ0n) is 9.62. The van der Waals surface area contributed by atoms with Crippen LogP contribution < -0.4 is 5.73 Å². The zero-order chi connectivity index (χ0) is 11.3. The highest BCUT2D eigenvalue weighted by Crippen LogP contribution is 2.41. The highest BCUT2D eigenvalue weighted by molar-refractivity contribution is 5.81. The van der Waals surface area contributed by atoms with E-state index in [4.69, 9.17) is 5.73 Å². The lowest BCUT2D eigenvalue weighted by molar-refractivity contribution is 0.674. The Morgan fingerprint density at radius 1 is 1.19 bits per heavy atom. The van der Waals surface area contributed by atoms with E-state index in [9.17, 15) is 0 Å². The predicted octanol–water partition coefficient (Wildman–Crippen LogP) is 2.19. The summed E-state index contributed by atoms with van der Waals surface area (Å²) in [6.45, 7) is 4.10. The molecule has 1 aromatic heterocycles. The van der Waals surface area contributed by atoms with Gasteiger partial charge in [0.15, 0.2) is 0 Å². The molecule has 1 fully saturated rings. The van der Waals surface area contributed by atoms with E-state index < -0.39 is 0 Å². The van der Waals surface area contributed by atoms with Gasteiger partial charge in [-0.1, -0.05) is 12.1 Å². The molecule has 0 spiro atoms. The summed E-state index contributed by atoms with van der Waals surface area (Å²) in [5.74, 6) is 0.808. The van der Waals surface area contributed by atoms with Crippen LogP contribution in [0.1, 0.15) is 29.9 Å². The van der Waals surface area contributed by atoms with Gasteiger partial charge in [-0.15, -0.1) is 0 Å². The number of nitrogens with two attached hydrogens (primary N) is 1. The smallest absolute Gasteiger partial charge is 0.149 e. The van der Waals surface area contributed by atoms with Gasteiger partial charge < -0.3 is 5.73 Å². The van der Waals surface area contributed by atoms with E-state index in [1.165, 1.54) is 5.56 Å². The number of aryl methyl sites for hydroxylation is 2. The fourth-order valence-corrected chi connectivity index (χ4v) is 1.98. The van der Waals surface area contributed by atoms with Crippen molar-refractivity contribution in [3.8, 4) is 0 Å². The summed E-state index contributed by atoms with van der Waals surface area (Å²) in [6.07, 6.45) is 2.01. The third-order valence-electron chi connectivity index (χ3n) is 3.28. The summed E-state index contributed by atoms with van der Waals surface area (Å²) < 4.78 is 0. The van der Waals surface area contributed by atoms with E-state index in [1.54, 1.807) is 0 Å². The molecule has 0 amide bonds. The van der Waals surface area contributed by atoms with Crippen LogP contribution >= 0.6 is 0 Å². The quantitative estimate of drug-likeness (QED) is 0.790. The van der Waals surface area contributed by atoms with Crippen LogP contribution in [0.25, 0.3) is 10.9 Å². The van der Waals surface area contributed by atoms with Crippen LogP contribution in [0, 0.1) is 13.8 Å². The minimum absolute atomic E-state index is 0.247. The molecule has 3 nitrogen and oxygen atoms in total. The molecule has 1 aromatic carbocycles. The van der Waals surface area contributed by atoms with Crippen molar-refractivity contribution in [2.75, 3.05) is 0 Å². The van der Waals surface area contributed by atoms with E-state index in [-0.39, 0.29) is 5.54 Å². The number of nitrogens with zero attached hydrogens (tertiary/aromatic N) is 2. The fraction of sp³-hybridized carbons (Fsp3) is 0.385. The first kappa shape index (κ1) is 9.73. The molecule has 1 aliphatic carbocycles. The second-order valence-corrected chi connectivity index (χ2v) is 4.81. The molecule has 1 saturated carbocycles. The number of rotatable bonds is 1. The second kappa shape index (κ2) is 3.01. The van der Waals surface area contributed by atoms with Gasteiger partial charge in [0.1, 0.15) is 5.82 Å². The predicted molar refractivity (Wildman–Crippen MR) is 64.1 cm³/mol. The maximum atomic E-state index is 6.14. The Labute approximate surface area is 94.7 Å². The molecular weight excluding hydrogens is 198 g/mol. The van der Waals surface area contributed by atoms with Crippen molar-refractivity contribution < 1.29 is 0 Å². The Balaban J connectivity index is 2.27. The second-order valence-electron chi connectivity index (χ2n) is 4.81. The number of benzene rings is 1. The maximum Gasteiger partial charge on any atom is 0.149 e. The molecule has 3 heteroatoms. The van der Waals surface area contributed by atoms with E-state index in [1.807, 2.05) is 6.92 Å². The van der Waals surface area contributed by atoms with Gasteiger partial charge in [-0.3, -0.25) is 0 Å². The number of aromatic nitrogens is 2. The topological polar surface area (TPSA) is 51.8 Å². The lowest BCUT2D eigenvalue weighted by atomic mass is 10.1. The molecule has 82 valence electrons. The number of fused-ring (bicyclic) bond motifs is 1. The molecule has 1 aliphatic rings. The van der Waals surface area contributed by atoms with Crippen molar-refractivity contribution in [2.24, 2.45) is 5.73 Å². The summed E-state index contributed by atoms with van der Waals surface area (Å²) in [6, 6.07) is 6.27. The lowest BCUT2D eigenvalue weighted by Gasteiger charge is -2.10. The average molecular weight is 213 g/mol. The molecule has 0 unspecified atom stereocenters. The monoisotopic (exact) mass is 213 g/mol. The van der Waals surface area contributed by atoms with Crippen LogP contribution in [0.4, 0.5) is 0 Å². The summed E-state index contributed by atoms with van der Waals surface area (Å²) in [5, 5.41) is 1.12. The van der Waals surface area contributed by atoms with Crippen molar-refractivity contribution in [3.05, 3.63) is 35.3 Å². The highest BCUT2D eigenvalue weighted by atomic mass is 15.0. The lowest BCUT2D eigenvalue weighted by Crippen LogP contribution is -2.22. The Morgan fingerprint density at radius 2 is 1.94 bits per heavy atom. The fourth-order valence-electron chi connectivity index (χ4n) is 1.98. The van der Waals surface area contributed by atoms with Gasteiger partial charge in [0.25, 0.3) is 0 Å². The van der Waals surface area contributed by atoms with Crippen molar-refractivity contribution in [1.82, 2.24) is 9.97 Å².